The third-order valence-corrected chi connectivity index (χ3v) is 35.0. The molecule has 0 amide bonds. The highest BCUT2D eigenvalue weighted by Crippen LogP contribution is 2.57. The lowest BCUT2D eigenvalue weighted by Gasteiger charge is -2.36. The highest BCUT2D eigenvalue weighted by molar-refractivity contribution is 8.32. The summed E-state index contributed by atoms with van der Waals surface area (Å²) in [4.78, 5) is 252. The molecule has 16 heterocycles. The quantitative estimate of drug-likeness (QED) is 0.0138. The lowest BCUT2D eigenvalue weighted by molar-refractivity contribution is -0.221. The Morgan fingerprint density at radius 3 is 1.00 bits per heavy atom. The molecule has 0 aliphatic carbocycles. The second-order valence-electron chi connectivity index (χ2n) is 33.8. The lowest BCUT2D eigenvalue weighted by atomic mass is 10.1. The smallest absolute Gasteiger partial charge is 0.351 e. The van der Waals surface area contributed by atoms with E-state index in [-0.39, 0.29) is 99.8 Å². The molecule has 28 atom stereocenters. The van der Waals surface area contributed by atoms with Crippen LogP contribution in [0.25, 0.3) is 22.3 Å². The third kappa shape index (κ3) is 26.3. The molecule has 0 saturated carbocycles. The van der Waals surface area contributed by atoms with Gasteiger partial charge in [0.05, 0.1) is 101 Å². The molecule has 0 aromatic carbocycles. The van der Waals surface area contributed by atoms with Crippen LogP contribution in [0.3, 0.4) is 0 Å². The zero-order chi connectivity index (χ0) is 105. The van der Waals surface area contributed by atoms with Crippen LogP contribution in [0.4, 0.5) is 17.6 Å². The number of aryl methyl sites for hydroxylation is 5. The third-order valence-electron chi connectivity index (χ3n) is 23.9. The Bertz CT molecular complexity index is 7460. The van der Waals surface area contributed by atoms with E-state index in [4.69, 9.17) is 197 Å². The molecular weight excluding hydrogens is 2210 g/mol. The number of nitrogens with zero attached hydrogens (tertiary/aromatic N) is 13. The predicted molar refractivity (Wildman–Crippen MR) is 512 cm³/mol. The van der Waals surface area contributed by atoms with Gasteiger partial charge in [-0.25, -0.2) is 43.9 Å². The second kappa shape index (κ2) is 44.5. The first-order valence-corrected chi connectivity index (χ1v) is 61.3. The van der Waals surface area contributed by atoms with Crippen LogP contribution < -0.4 is 103 Å². The zero-order valence-electron chi connectivity index (χ0n) is 76.2. The first-order chi connectivity index (χ1) is 68.2. The van der Waals surface area contributed by atoms with Crippen LogP contribution in [0.2, 0.25) is 0 Å². The first-order valence-electron chi connectivity index (χ1n) is 43.4. The Balaban J connectivity index is 0.609. The van der Waals surface area contributed by atoms with Gasteiger partial charge in [0, 0.05) is 111 Å². The van der Waals surface area contributed by atoms with Crippen LogP contribution in [-0.4, -0.2) is 219 Å². The molecule has 0 spiro atoms. The molecule has 7 unspecified atom stereocenters. The summed E-state index contributed by atoms with van der Waals surface area (Å²) < 4.78 is 148. The summed E-state index contributed by atoms with van der Waals surface area (Å²) in [5.41, 5.74) is 10.4. The number of hydrogen-bond acceptors (Lipinski definition) is 54. The number of H-pyrrole nitrogens is 5. The van der Waals surface area contributed by atoms with Gasteiger partial charge in [0.25, 0.3) is 27.8 Å². The number of imidazole rings is 2. The Morgan fingerprint density at radius 1 is 0.366 bits per heavy atom. The lowest BCUT2D eigenvalue weighted by Crippen LogP contribution is -2.35. The van der Waals surface area contributed by atoms with Crippen LogP contribution >= 0.6 is 47.1 Å². The first kappa shape index (κ1) is 111. The van der Waals surface area contributed by atoms with Gasteiger partial charge in [0.2, 0.25) is 5.95 Å². The molecule has 0 bridgehead atoms. The molecule has 9 aromatic rings. The number of nitrogens with one attached hydrogen (secondary N) is 5. The molecule has 7 aliphatic rings. The maximum Gasteiger partial charge on any atom is 0.351 e. The highest BCUT2D eigenvalue weighted by atomic mass is 32.7. The van der Waals surface area contributed by atoms with Crippen molar-refractivity contribution >= 4 is 170 Å². The fourth-order valence-electron chi connectivity index (χ4n) is 16.7. The standard InChI is InChI=1S/C72H96N21O38P7S7/c1-8-35-36(9-49(118-35)88-17-31(3)62(94)83-69(88)100)126-133(105,140)112-26-48-42(15-55(124-48)93-29-79-57-61(93)81-67(75)82-66(57)98)131-138(110,145)116-24-46-40(13-53(122-46)91-20-34(6)65(97)86-72(91)103)129-135(107,142)114-22-44-38(11-50(120-44)87-16-30(2)58(73)80-68(87)99)127-136(108,143)117-25-47-41(14-54(123-47)92-28-78-56-59(74)76-27-77-60(56)92)130-137(109,144)115-23-45-39(12-52(121-45)90-19-33(5)64(96)85-71(90)102)128-134(106,141)113-21-43-37(125-132(104,139)111-7)10-51(119-43)89-18-32(4)63(95)84-70(89)101/h16-20,27-29,35-55H,8-15,21-26H2,1-7H3,(H,104,139)(H,105,140)(H,106,141)(H,107,142)(H,108,143)(H,109,144)(H,110,145)(H2,73,80,99)(H2,74,76,77)(H,83,94,100)(H,84,95,101)(H,85,96,102)(H,86,97,103)(H3,75,81,82,98)/p-7/t35-,36-,37-,38-,39-,40-,41-,42-,43-,44-,45-,46-,47-,48-,49-,50-,51-,52-,53-,54-,55-,132?,133?,134?,135?,136?,137?,138?/m1/s1. The minimum absolute atomic E-state index is 0.00692. The van der Waals surface area contributed by atoms with E-state index in [1.54, 1.807) is 6.92 Å². The number of hydrogen-bond donors (Lipinski definition) is 8. The van der Waals surface area contributed by atoms with Gasteiger partial charge in [0.1, 0.15) is 138 Å². The number of nitrogen functional groups attached to an aromatic ring is 3. The topological polar surface area (TPSA) is 789 Å². The van der Waals surface area contributed by atoms with Crippen molar-refractivity contribution in [2.24, 2.45) is 0 Å². The van der Waals surface area contributed by atoms with Crippen molar-refractivity contribution in [3.8, 4) is 0 Å². The summed E-state index contributed by atoms with van der Waals surface area (Å²) in [6, 6.07) is 0. The van der Waals surface area contributed by atoms with Crippen LogP contribution in [0.5, 0.6) is 0 Å². The fourth-order valence-corrected chi connectivity index (χ4v) is 26.5. The average Bonchev–Trinajstić information content (AvgIpc) is 1.67. The number of aromatic amines is 5. The largest absolute Gasteiger partial charge is 0.780 e. The van der Waals surface area contributed by atoms with E-state index in [0.29, 0.717) is 0 Å². The van der Waals surface area contributed by atoms with Crippen molar-refractivity contribution in [1.29, 1.82) is 0 Å². The average molecular weight is 2300 g/mol. The van der Waals surface area contributed by atoms with E-state index in [0.717, 1.165) is 48.7 Å². The Hall–Kier alpha value is -6.70. The van der Waals surface area contributed by atoms with E-state index in [2.05, 4.69) is 54.8 Å². The highest BCUT2D eigenvalue weighted by Gasteiger charge is 2.49. The second-order valence-corrected chi connectivity index (χ2v) is 52.9. The van der Waals surface area contributed by atoms with Gasteiger partial charge in [-0.3, -0.25) is 85.4 Å². The molecule has 7 aliphatic heterocycles. The van der Waals surface area contributed by atoms with Crippen molar-refractivity contribution < 1.29 is 130 Å². The molecule has 794 valence electrons. The Labute approximate surface area is 849 Å². The molecule has 73 heteroatoms. The molecule has 0 radical (unpaired) electrons. The van der Waals surface area contributed by atoms with Gasteiger partial charge in [-0.1, -0.05) is 77.8 Å². The van der Waals surface area contributed by atoms with E-state index in [1.165, 1.54) is 75.0 Å². The molecule has 7 fully saturated rings. The minimum atomic E-state index is -5.06. The van der Waals surface area contributed by atoms with Crippen LogP contribution in [0, 0.1) is 34.6 Å². The molecule has 59 nitrogen and oxygen atoms in total. The summed E-state index contributed by atoms with van der Waals surface area (Å²) in [6.45, 7) is -30.2. The zero-order valence-corrected chi connectivity index (χ0v) is 88.2. The number of nitrogens with two attached hydrogens (primary N) is 3. The van der Waals surface area contributed by atoms with Crippen molar-refractivity contribution in [2.45, 2.75) is 222 Å². The number of fused-ring (bicyclic) bond motifs is 2. The molecular formula is C72H89N21O38P7S7-7. The number of aromatic nitrogens is 18. The number of anilines is 3. The van der Waals surface area contributed by atoms with Gasteiger partial charge in [-0.15, -0.1) is 0 Å². The summed E-state index contributed by atoms with van der Waals surface area (Å²) >= 11 is 37.9. The van der Waals surface area contributed by atoms with E-state index in [1.807, 2.05) is 0 Å². The summed E-state index contributed by atoms with van der Waals surface area (Å²) in [5.74, 6) is -0.545. The Kier molecular flexibility index (Phi) is 34.1. The summed E-state index contributed by atoms with van der Waals surface area (Å²) in [7, 11) is 1.01. The minimum Gasteiger partial charge on any atom is -0.780 e. The monoisotopic (exact) mass is 2300 g/mol. The van der Waals surface area contributed by atoms with Gasteiger partial charge < -0.3 is 155 Å². The van der Waals surface area contributed by atoms with Gasteiger partial charge in [-0.05, 0) is 41.0 Å². The van der Waals surface area contributed by atoms with Crippen molar-refractivity contribution in [2.75, 3.05) is 64.0 Å². The van der Waals surface area contributed by atoms with Crippen molar-refractivity contribution in [1.82, 2.24) is 86.8 Å². The Morgan fingerprint density at radius 2 is 0.655 bits per heavy atom. The van der Waals surface area contributed by atoms with Crippen LogP contribution in [0.1, 0.15) is 130 Å². The van der Waals surface area contributed by atoms with Crippen LogP contribution in [-0.2, 0) is 184 Å². The predicted octanol–water partition coefficient (Wildman–Crippen LogP) is -3.27. The van der Waals surface area contributed by atoms with E-state index >= 15 is 0 Å². The number of rotatable bonds is 41. The fraction of sp³-hybridized carbons (Fsp3) is 0.583. The summed E-state index contributed by atoms with van der Waals surface area (Å²) in [6.07, 6.45) is -21.8. The maximum absolute atomic E-state index is 15.0. The van der Waals surface area contributed by atoms with Gasteiger partial charge in [0.15, 0.2) is 29.4 Å². The van der Waals surface area contributed by atoms with Gasteiger partial charge >= 0.3 is 28.4 Å². The molecule has 16 rings (SSSR count). The van der Waals surface area contributed by atoms with Crippen LogP contribution in [0.15, 0.2) is 97.9 Å². The van der Waals surface area contributed by atoms with Crippen molar-refractivity contribution in [3.05, 3.63) is 182 Å². The molecule has 11 N–H and O–H groups in total. The summed E-state index contributed by atoms with van der Waals surface area (Å²) in [5, 5.41) is 0. The van der Waals surface area contributed by atoms with Crippen molar-refractivity contribution in [3.63, 3.8) is 0 Å². The normalized spacial score (nSPS) is 29.5. The maximum atomic E-state index is 15.0. The van der Waals surface area contributed by atoms with Gasteiger partial charge in [-0.2, -0.15) is 9.97 Å². The molecule has 7 saturated heterocycles. The SMILES string of the molecule is CC[C@H]1O[C@@H](n2cc(C)c(=O)[nH]c2=O)C[C@H]1OP([O-])(=S)OC[C@H]1O[C@@H](n2cnc3c(=O)[nH]c(N)nc32)C[C@H]1OP(=O)([S-])OC[C@H]1O[C@@H](n2cc(C)c(=O)[nH]c2=O)C[C@H]1OP([O-])(=S)OC[C@H]1O[C@@H](n2cc(C)c(N)nc2=O)C[C@H]1OP([O-])(=S)OC[C@H]1O[C@@H](n2cnc3c(N)ncnc32)C[C@H]1OP([O-])(=S)OC[C@H]1O[C@@H](n2cc(C)c(=O)[nH]c2=O)C[C@H]1OP([O-])(=S)OC[C@H]1O[C@@H](n2cc(C)c(=O)[nH]c2=O)C[C@H]1OP([O-])(=S)OC. The van der Waals surface area contributed by atoms with E-state index < -0.39 is 291 Å². The molecule has 9 aromatic heterocycles. The molecule has 145 heavy (non-hydrogen) atoms. The van der Waals surface area contributed by atoms with E-state index in [9.17, 15) is 81.9 Å². The number of ether oxygens (including phenoxy) is 7.